The average molecular weight is 266 g/mol. The number of nitrogens with zero attached hydrogens (tertiary/aromatic N) is 1. The van der Waals surface area contributed by atoms with Crippen LogP contribution in [0.3, 0.4) is 0 Å². The van der Waals surface area contributed by atoms with Gasteiger partial charge in [-0.15, -0.1) is 0 Å². The van der Waals surface area contributed by atoms with Crippen LogP contribution in [0.2, 0.25) is 0 Å². The predicted molar refractivity (Wildman–Crippen MR) is 77.2 cm³/mol. The molecule has 2 rings (SSSR count). The second-order valence-corrected chi connectivity index (χ2v) is 5.57. The summed E-state index contributed by atoms with van der Waals surface area (Å²) in [6.45, 7) is 2.30. The highest BCUT2D eigenvalue weighted by Crippen LogP contribution is 2.35. The molecule has 0 aromatic heterocycles. The van der Waals surface area contributed by atoms with Crippen LogP contribution in [-0.2, 0) is 0 Å². The Hall–Kier alpha value is -1.45. The molecule has 1 saturated carbocycles. The zero-order chi connectivity index (χ0) is 14.0. The second kappa shape index (κ2) is 5.68. The number of hydrogen-bond donors (Lipinski definition) is 1. The molecule has 1 fully saturated rings. The highest BCUT2D eigenvalue weighted by atomic mass is 19.1. The lowest BCUT2D eigenvalue weighted by atomic mass is 9.86. The maximum atomic E-state index is 13.6. The van der Waals surface area contributed by atoms with Crippen molar-refractivity contribution in [2.24, 2.45) is 5.92 Å². The number of hydrogen-bond acceptors (Lipinski definition) is 3. The number of rotatable bonds is 3. The Bertz CT molecular complexity index is 442. The Morgan fingerprint density at radius 2 is 1.89 bits per heavy atom. The van der Waals surface area contributed by atoms with E-state index in [-0.39, 0.29) is 5.75 Å². The van der Waals surface area contributed by atoms with E-state index in [0.29, 0.717) is 11.7 Å². The van der Waals surface area contributed by atoms with Gasteiger partial charge in [0, 0.05) is 25.2 Å². The van der Waals surface area contributed by atoms with Gasteiger partial charge in [-0.2, -0.15) is 0 Å². The number of benzene rings is 1. The summed E-state index contributed by atoms with van der Waals surface area (Å²) in [6.07, 6.45) is 4.81. The first-order chi connectivity index (χ1) is 9.02. The summed E-state index contributed by atoms with van der Waals surface area (Å²) in [6, 6.07) is 3.52. The largest absolute Gasteiger partial charge is 0.494 e. The molecule has 1 aliphatic rings. The van der Waals surface area contributed by atoms with E-state index in [0.717, 1.165) is 24.4 Å². The molecule has 0 saturated heterocycles. The lowest BCUT2D eigenvalue weighted by Crippen LogP contribution is -2.35. The number of ether oxygens (including phenoxy) is 1. The van der Waals surface area contributed by atoms with Gasteiger partial charge in [-0.05, 0) is 31.6 Å². The third-order valence-electron chi connectivity index (χ3n) is 4.21. The molecule has 4 heteroatoms. The lowest BCUT2D eigenvalue weighted by molar-refractivity contribution is 0.340. The van der Waals surface area contributed by atoms with Crippen molar-refractivity contribution in [3.05, 3.63) is 17.9 Å². The van der Waals surface area contributed by atoms with E-state index in [9.17, 15) is 4.39 Å². The minimum Gasteiger partial charge on any atom is -0.494 e. The van der Waals surface area contributed by atoms with Crippen LogP contribution in [0, 0.1) is 11.7 Å². The summed E-state index contributed by atoms with van der Waals surface area (Å²) >= 11 is 0. The molecule has 0 radical (unpaired) electrons. The molecular formula is C15H23FN2O. The molecule has 0 aliphatic heterocycles. The standard InChI is InChI=1S/C15H23FN2O/c1-10-4-6-11(7-5-10)18(2)14-9-15(19-3)12(16)8-13(14)17/h8-11H,4-7,17H2,1-3H3. The number of nitrogen functional groups attached to an aromatic ring is 1. The molecule has 1 aliphatic carbocycles. The molecule has 19 heavy (non-hydrogen) atoms. The van der Waals surface area contributed by atoms with E-state index >= 15 is 0 Å². The van der Waals surface area contributed by atoms with Gasteiger partial charge in [0.05, 0.1) is 18.5 Å². The summed E-state index contributed by atoms with van der Waals surface area (Å²) in [5.41, 5.74) is 7.27. The van der Waals surface area contributed by atoms with Gasteiger partial charge in [0.15, 0.2) is 11.6 Å². The van der Waals surface area contributed by atoms with Crippen molar-refractivity contribution in [2.45, 2.75) is 38.6 Å². The molecule has 3 nitrogen and oxygen atoms in total. The van der Waals surface area contributed by atoms with Gasteiger partial charge in [0.2, 0.25) is 0 Å². The lowest BCUT2D eigenvalue weighted by Gasteiger charge is -2.35. The molecule has 0 heterocycles. The van der Waals surface area contributed by atoms with Gasteiger partial charge in [-0.25, -0.2) is 4.39 Å². The van der Waals surface area contributed by atoms with Gasteiger partial charge in [-0.3, -0.25) is 0 Å². The van der Waals surface area contributed by atoms with E-state index in [4.69, 9.17) is 10.5 Å². The molecule has 0 spiro atoms. The summed E-state index contributed by atoms with van der Waals surface area (Å²) < 4.78 is 18.6. The minimum absolute atomic E-state index is 0.250. The summed E-state index contributed by atoms with van der Waals surface area (Å²) in [5.74, 6) is 0.652. The van der Waals surface area contributed by atoms with Crippen LogP contribution in [0.5, 0.6) is 5.75 Å². The molecule has 0 amide bonds. The monoisotopic (exact) mass is 266 g/mol. The highest BCUT2D eigenvalue weighted by Gasteiger charge is 2.23. The van der Waals surface area contributed by atoms with Crippen LogP contribution in [0.4, 0.5) is 15.8 Å². The van der Waals surface area contributed by atoms with Crippen molar-refractivity contribution in [3.8, 4) is 5.75 Å². The van der Waals surface area contributed by atoms with E-state index in [1.807, 2.05) is 7.05 Å². The van der Waals surface area contributed by atoms with E-state index in [1.165, 1.54) is 26.0 Å². The first-order valence-corrected chi connectivity index (χ1v) is 6.88. The topological polar surface area (TPSA) is 38.5 Å². The number of methoxy groups -OCH3 is 1. The van der Waals surface area contributed by atoms with Crippen LogP contribution in [0.1, 0.15) is 32.6 Å². The van der Waals surface area contributed by atoms with Gasteiger partial charge < -0.3 is 15.4 Å². The van der Waals surface area contributed by atoms with E-state index in [1.54, 1.807) is 6.07 Å². The van der Waals surface area contributed by atoms with E-state index in [2.05, 4.69) is 11.8 Å². The third kappa shape index (κ3) is 2.94. The number of anilines is 2. The van der Waals surface area contributed by atoms with Crippen LogP contribution in [0.25, 0.3) is 0 Å². The van der Waals surface area contributed by atoms with Gasteiger partial charge in [0.25, 0.3) is 0 Å². The Kier molecular flexibility index (Phi) is 4.17. The zero-order valence-electron chi connectivity index (χ0n) is 11.9. The Morgan fingerprint density at radius 1 is 1.26 bits per heavy atom. The van der Waals surface area contributed by atoms with Crippen LogP contribution in [-0.4, -0.2) is 20.2 Å². The fourth-order valence-corrected chi connectivity index (χ4v) is 2.85. The number of nitrogens with two attached hydrogens (primary N) is 1. The average Bonchev–Trinajstić information content (AvgIpc) is 2.39. The van der Waals surface area contributed by atoms with Crippen LogP contribution < -0.4 is 15.4 Å². The van der Waals surface area contributed by atoms with Crippen molar-refractivity contribution < 1.29 is 9.13 Å². The maximum Gasteiger partial charge on any atom is 0.167 e. The molecule has 0 bridgehead atoms. The van der Waals surface area contributed by atoms with E-state index < -0.39 is 5.82 Å². The normalized spacial score (nSPS) is 23.2. The summed E-state index contributed by atoms with van der Waals surface area (Å²) in [4.78, 5) is 2.17. The number of halogens is 1. The second-order valence-electron chi connectivity index (χ2n) is 5.57. The van der Waals surface area contributed by atoms with Crippen molar-refractivity contribution in [1.29, 1.82) is 0 Å². The minimum atomic E-state index is -0.408. The molecule has 0 unspecified atom stereocenters. The first-order valence-electron chi connectivity index (χ1n) is 6.88. The van der Waals surface area contributed by atoms with Crippen molar-refractivity contribution in [3.63, 3.8) is 0 Å². The van der Waals surface area contributed by atoms with Crippen molar-refractivity contribution >= 4 is 11.4 Å². The maximum absolute atomic E-state index is 13.6. The first kappa shape index (κ1) is 14.0. The molecular weight excluding hydrogens is 243 g/mol. The molecule has 1 aromatic carbocycles. The Labute approximate surface area is 114 Å². The summed E-state index contributed by atoms with van der Waals surface area (Å²) in [5, 5.41) is 0. The highest BCUT2D eigenvalue weighted by molar-refractivity contribution is 5.70. The predicted octanol–water partition coefficient (Wildman–Crippen LogP) is 3.43. The van der Waals surface area contributed by atoms with Gasteiger partial charge >= 0.3 is 0 Å². The fraction of sp³-hybridized carbons (Fsp3) is 0.600. The molecule has 2 N–H and O–H groups in total. The Balaban J connectivity index is 2.21. The smallest absolute Gasteiger partial charge is 0.167 e. The molecule has 1 aromatic rings. The SMILES string of the molecule is COc1cc(N(C)C2CCC(C)CC2)c(N)cc1F. The van der Waals surface area contributed by atoms with Gasteiger partial charge in [-0.1, -0.05) is 6.92 Å². The fourth-order valence-electron chi connectivity index (χ4n) is 2.85. The third-order valence-corrected chi connectivity index (χ3v) is 4.21. The summed E-state index contributed by atoms with van der Waals surface area (Å²) in [7, 11) is 3.50. The molecule has 0 atom stereocenters. The Morgan fingerprint density at radius 3 is 2.47 bits per heavy atom. The van der Waals surface area contributed by atoms with Crippen molar-refractivity contribution in [2.75, 3.05) is 24.8 Å². The van der Waals surface area contributed by atoms with Crippen LogP contribution in [0.15, 0.2) is 12.1 Å². The van der Waals surface area contributed by atoms with Crippen molar-refractivity contribution in [1.82, 2.24) is 0 Å². The van der Waals surface area contributed by atoms with Crippen LogP contribution >= 0.6 is 0 Å². The van der Waals surface area contributed by atoms with Gasteiger partial charge in [0.1, 0.15) is 0 Å². The molecule has 106 valence electrons. The quantitative estimate of drug-likeness (QED) is 0.852. The zero-order valence-corrected chi connectivity index (χ0v) is 11.9.